The van der Waals surface area contributed by atoms with Crippen LogP contribution in [0.25, 0.3) is 0 Å². The quantitative estimate of drug-likeness (QED) is 0.902. The van der Waals surface area contributed by atoms with Gasteiger partial charge in [0.1, 0.15) is 0 Å². The lowest BCUT2D eigenvalue weighted by molar-refractivity contribution is -0.140. The van der Waals surface area contributed by atoms with Gasteiger partial charge in [0.25, 0.3) is 0 Å². The minimum atomic E-state index is -0.815. The summed E-state index contributed by atoms with van der Waals surface area (Å²) in [6.45, 7) is 11.7. The van der Waals surface area contributed by atoms with Crippen LogP contribution in [0.15, 0.2) is 24.3 Å². The average molecular weight is 329 g/mol. The summed E-state index contributed by atoms with van der Waals surface area (Å²) in [6.07, 6.45) is 0. The highest BCUT2D eigenvalue weighted by Crippen LogP contribution is 2.26. The summed E-state index contributed by atoms with van der Waals surface area (Å²) in [5.41, 5.74) is 0.129. The maximum Gasteiger partial charge on any atom is 0.240 e. The smallest absolute Gasteiger partial charge is 0.240 e. The summed E-state index contributed by atoms with van der Waals surface area (Å²) >= 11 is 0. The maximum atomic E-state index is 13.0. The van der Waals surface area contributed by atoms with Gasteiger partial charge in [-0.2, -0.15) is 5.26 Å². The highest BCUT2D eigenvalue weighted by Gasteiger charge is 2.34. The maximum absolute atomic E-state index is 13.0. The van der Waals surface area contributed by atoms with Gasteiger partial charge in [-0.1, -0.05) is 12.1 Å². The molecule has 0 aliphatic heterocycles. The predicted octanol–water partition coefficient (Wildman–Crippen LogP) is 2.60. The zero-order valence-electron chi connectivity index (χ0n) is 15.4. The third kappa shape index (κ3) is 5.09. The zero-order chi connectivity index (χ0) is 18.5. The summed E-state index contributed by atoms with van der Waals surface area (Å²) in [5.74, 6) is -0.316. The highest BCUT2D eigenvalue weighted by atomic mass is 16.2. The first-order valence-electron chi connectivity index (χ1n) is 8.12. The van der Waals surface area contributed by atoms with Crippen LogP contribution < -0.4 is 5.32 Å². The Morgan fingerprint density at radius 2 is 1.83 bits per heavy atom. The number of amides is 2. The molecule has 0 heterocycles. The van der Waals surface area contributed by atoms with Gasteiger partial charge in [0.15, 0.2) is 0 Å². The number of nitrogens with one attached hydrogen (secondary N) is 1. The molecule has 0 aliphatic carbocycles. The van der Waals surface area contributed by atoms with E-state index in [0.717, 1.165) is 5.56 Å². The standard InChI is InChI=1S/C19H27N3O2/c1-7-22(13-16(23)21-18(2,3)4)17(24)19(5,6)15-10-8-9-14(11-15)12-20/h8-11H,7,13H2,1-6H3,(H,21,23). The van der Waals surface area contributed by atoms with Crippen molar-refractivity contribution >= 4 is 11.8 Å². The number of nitrogens with zero attached hydrogens (tertiary/aromatic N) is 2. The Hall–Kier alpha value is -2.35. The molecule has 2 amide bonds. The largest absolute Gasteiger partial charge is 0.350 e. The van der Waals surface area contributed by atoms with Crippen molar-refractivity contribution in [2.24, 2.45) is 0 Å². The van der Waals surface area contributed by atoms with Crippen LogP contribution in [0.2, 0.25) is 0 Å². The molecule has 0 bridgehead atoms. The number of carbonyl (C=O) groups is 2. The molecule has 0 fully saturated rings. The molecule has 1 rings (SSSR count). The van der Waals surface area contributed by atoms with Gasteiger partial charge in [0.05, 0.1) is 23.6 Å². The summed E-state index contributed by atoms with van der Waals surface area (Å²) in [7, 11) is 0. The normalized spacial score (nSPS) is 11.5. The second-order valence-corrected chi connectivity index (χ2v) is 7.44. The SMILES string of the molecule is CCN(CC(=O)NC(C)(C)C)C(=O)C(C)(C)c1cccc(C#N)c1. The van der Waals surface area contributed by atoms with E-state index < -0.39 is 5.41 Å². The van der Waals surface area contributed by atoms with E-state index in [4.69, 9.17) is 5.26 Å². The van der Waals surface area contributed by atoms with E-state index in [1.165, 1.54) is 0 Å². The van der Waals surface area contributed by atoms with Crippen molar-refractivity contribution in [3.05, 3.63) is 35.4 Å². The Labute approximate surface area is 144 Å². The van der Waals surface area contributed by atoms with Gasteiger partial charge in [-0.15, -0.1) is 0 Å². The van der Waals surface area contributed by atoms with Gasteiger partial charge >= 0.3 is 0 Å². The van der Waals surface area contributed by atoms with E-state index in [-0.39, 0.29) is 23.9 Å². The topological polar surface area (TPSA) is 73.2 Å². The summed E-state index contributed by atoms with van der Waals surface area (Å²) in [5, 5.41) is 11.9. The minimum absolute atomic E-state index is 0.0218. The van der Waals surface area contributed by atoms with Crippen molar-refractivity contribution in [1.82, 2.24) is 10.2 Å². The molecule has 5 heteroatoms. The van der Waals surface area contributed by atoms with Crippen LogP contribution in [0, 0.1) is 11.3 Å². The first-order chi connectivity index (χ1) is 11.0. The number of benzene rings is 1. The van der Waals surface area contributed by atoms with Crippen molar-refractivity contribution in [3.63, 3.8) is 0 Å². The lowest BCUT2D eigenvalue weighted by Gasteiger charge is -2.32. The molecule has 0 saturated carbocycles. The number of rotatable bonds is 5. The van der Waals surface area contributed by atoms with Crippen LogP contribution in [0.5, 0.6) is 0 Å². The van der Waals surface area contributed by atoms with Gasteiger partial charge in [-0.25, -0.2) is 0 Å². The molecule has 5 nitrogen and oxygen atoms in total. The summed E-state index contributed by atoms with van der Waals surface area (Å²) in [4.78, 5) is 26.7. The Kier molecular flexibility index (Phi) is 6.14. The molecule has 24 heavy (non-hydrogen) atoms. The number of likely N-dealkylation sites (N-methyl/N-ethyl adjacent to an activating group) is 1. The summed E-state index contributed by atoms with van der Waals surface area (Å²) in [6, 6.07) is 9.12. The molecule has 1 N–H and O–H groups in total. The predicted molar refractivity (Wildman–Crippen MR) is 94.3 cm³/mol. The molecule has 130 valence electrons. The molecule has 1 aromatic rings. The second kappa shape index (κ2) is 7.48. The molecular weight excluding hydrogens is 302 g/mol. The summed E-state index contributed by atoms with van der Waals surface area (Å²) < 4.78 is 0. The van der Waals surface area contributed by atoms with Crippen LogP contribution in [0.3, 0.4) is 0 Å². The molecule has 0 spiro atoms. The van der Waals surface area contributed by atoms with E-state index in [2.05, 4.69) is 11.4 Å². The van der Waals surface area contributed by atoms with Gasteiger partial charge in [0.2, 0.25) is 11.8 Å². The number of hydrogen-bond donors (Lipinski definition) is 1. The fourth-order valence-corrected chi connectivity index (χ4v) is 2.45. The van der Waals surface area contributed by atoms with Crippen molar-refractivity contribution in [3.8, 4) is 6.07 Å². The molecule has 0 aromatic heterocycles. The molecule has 0 unspecified atom stereocenters. The van der Waals surface area contributed by atoms with Crippen LogP contribution in [-0.4, -0.2) is 35.3 Å². The van der Waals surface area contributed by atoms with Crippen molar-refractivity contribution in [2.45, 2.75) is 52.5 Å². The van der Waals surface area contributed by atoms with E-state index in [0.29, 0.717) is 12.1 Å². The van der Waals surface area contributed by atoms with E-state index >= 15 is 0 Å². The lowest BCUT2D eigenvalue weighted by Crippen LogP contribution is -2.50. The fraction of sp³-hybridized carbons (Fsp3) is 0.526. The molecule has 0 atom stereocenters. The van der Waals surface area contributed by atoms with Gasteiger partial charge in [-0.05, 0) is 59.2 Å². The second-order valence-electron chi connectivity index (χ2n) is 7.44. The van der Waals surface area contributed by atoms with Crippen molar-refractivity contribution in [1.29, 1.82) is 5.26 Å². The van der Waals surface area contributed by atoms with Gasteiger partial charge < -0.3 is 10.2 Å². The Bertz CT molecular complexity index is 651. The molecule has 1 aromatic carbocycles. The third-order valence-corrected chi connectivity index (χ3v) is 3.77. The van der Waals surface area contributed by atoms with Crippen LogP contribution in [-0.2, 0) is 15.0 Å². The first-order valence-corrected chi connectivity index (χ1v) is 8.12. The van der Waals surface area contributed by atoms with Gasteiger partial charge in [-0.3, -0.25) is 9.59 Å². The molecule has 0 aliphatic rings. The fourth-order valence-electron chi connectivity index (χ4n) is 2.45. The number of nitriles is 1. The van der Waals surface area contributed by atoms with E-state index in [9.17, 15) is 9.59 Å². The van der Waals surface area contributed by atoms with Crippen LogP contribution >= 0.6 is 0 Å². The van der Waals surface area contributed by atoms with Crippen LogP contribution in [0.1, 0.15) is 52.7 Å². The highest BCUT2D eigenvalue weighted by molar-refractivity contribution is 5.91. The zero-order valence-corrected chi connectivity index (χ0v) is 15.4. The van der Waals surface area contributed by atoms with Gasteiger partial charge in [0, 0.05) is 12.1 Å². The Morgan fingerprint density at radius 3 is 2.33 bits per heavy atom. The Balaban J connectivity index is 2.98. The first kappa shape index (κ1) is 19.7. The molecule has 0 saturated heterocycles. The lowest BCUT2D eigenvalue weighted by atomic mass is 9.82. The third-order valence-electron chi connectivity index (χ3n) is 3.77. The minimum Gasteiger partial charge on any atom is -0.350 e. The van der Waals surface area contributed by atoms with E-state index in [1.807, 2.05) is 47.6 Å². The van der Waals surface area contributed by atoms with Crippen molar-refractivity contribution < 1.29 is 9.59 Å². The molecule has 0 radical (unpaired) electrons. The molecular formula is C19H27N3O2. The average Bonchev–Trinajstić information content (AvgIpc) is 2.50. The number of carbonyl (C=O) groups excluding carboxylic acids is 2. The van der Waals surface area contributed by atoms with E-state index in [1.54, 1.807) is 23.1 Å². The number of hydrogen-bond acceptors (Lipinski definition) is 3. The Morgan fingerprint density at radius 1 is 1.21 bits per heavy atom. The van der Waals surface area contributed by atoms with Crippen LogP contribution in [0.4, 0.5) is 0 Å². The van der Waals surface area contributed by atoms with Crippen molar-refractivity contribution in [2.75, 3.05) is 13.1 Å². The monoisotopic (exact) mass is 329 g/mol.